The molecule has 2 aromatic rings. The average molecular weight is 319 g/mol. The van der Waals surface area contributed by atoms with E-state index in [0.29, 0.717) is 21.5 Å². The van der Waals surface area contributed by atoms with Crippen molar-refractivity contribution in [1.82, 2.24) is 0 Å². The van der Waals surface area contributed by atoms with Crippen molar-refractivity contribution >= 4 is 34.8 Å². The molecule has 0 saturated heterocycles. The van der Waals surface area contributed by atoms with Crippen LogP contribution in [0.1, 0.15) is 17.2 Å². The molecule has 1 nitrogen and oxygen atoms in total. The van der Waals surface area contributed by atoms with Crippen LogP contribution in [0.2, 0.25) is 15.1 Å². The molecule has 0 heterocycles. The van der Waals surface area contributed by atoms with Crippen molar-refractivity contribution in [1.29, 1.82) is 0 Å². The maximum atomic E-state index is 13.0. The highest BCUT2D eigenvalue weighted by Crippen LogP contribution is 2.31. The first-order valence-electron chi connectivity index (χ1n) is 5.62. The second kappa shape index (κ2) is 6.10. The van der Waals surface area contributed by atoms with Gasteiger partial charge < -0.3 is 5.73 Å². The normalized spacial score (nSPS) is 12.5. The molecule has 19 heavy (non-hydrogen) atoms. The van der Waals surface area contributed by atoms with Gasteiger partial charge in [0.05, 0.1) is 10.0 Å². The van der Waals surface area contributed by atoms with E-state index in [9.17, 15) is 4.39 Å². The van der Waals surface area contributed by atoms with Gasteiger partial charge >= 0.3 is 0 Å². The van der Waals surface area contributed by atoms with E-state index in [0.717, 1.165) is 11.1 Å². The maximum Gasteiger partial charge on any atom is 0.124 e. The van der Waals surface area contributed by atoms with Gasteiger partial charge in [-0.05, 0) is 35.7 Å². The smallest absolute Gasteiger partial charge is 0.124 e. The van der Waals surface area contributed by atoms with Gasteiger partial charge in [0.25, 0.3) is 0 Å². The number of halogens is 4. The second-order valence-electron chi connectivity index (χ2n) is 4.19. The van der Waals surface area contributed by atoms with Gasteiger partial charge in [-0.25, -0.2) is 4.39 Å². The summed E-state index contributed by atoms with van der Waals surface area (Å²) in [5, 5.41) is 1.25. The van der Waals surface area contributed by atoms with E-state index in [-0.39, 0.29) is 11.9 Å². The number of rotatable bonds is 3. The van der Waals surface area contributed by atoms with Crippen molar-refractivity contribution in [3.05, 3.63) is 68.4 Å². The summed E-state index contributed by atoms with van der Waals surface area (Å²) in [7, 11) is 0. The van der Waals surface area contributed by atoms with Crippen LogP contribution in [-0.2, 0) is 6.42 Å². The molecular formula is C14H11Cl3FN. The minimum absolute atomic E-state index is 0.353. The van der Waals surface area contributed by atoms with Gasteiger partial charge in [-0.2, -0.15) is 0 Å². The molecule has 2 N–H and O–H groups in total. The predicted molar refractivity (Wildman–Crippen MR) is 78.5 cm³/mol. The van der Waals surface area contributed by atoms with Crippen LogP contribution in [0.3, 0.4) is 0 Å². The van der Waals surface area contributed by atoms with Crippen molar-refractivity contribution < 1.29 is 4.39 Å². The molecule has 0 saturated carbocycles. The van der Waals surface area contributed by atoms with Crippen LogP contribution in [0.15, 0.2) is 36.4 Å². The summed E-state index contributed by atoms with van der Waals surface area (Å²) in [6.45, 7) is 0. The van der Waals surface area contributed by atoms with Crippen molar-refractivity contribution in [3.63, 3.8) is 0 Å². The first kappa shape index (κ1) is 14.6. The van der Waals surface area contributed by atoms with Crippen LogP contribution in [0.25, 0.3) is 0 Å². The van der Waals surface area contributed by atoms with Crippen LogP contribution >= 0.6 is 34.8 Å². The van der Waals surface area contributed by atoms with Gasteiger partial charge in [-0.3, -0.25) is 0 Å². The van der Waals surface area contributed by atoms with E-state index in [1.165, 1.54) is 12.1 Å². The summed E-state index contributed by atoms with van der Waals surface area (Å²) in [6.07, 6.45) is 0.458. The lowest BCUT2D eigenvalue weighted by molar-refractivity contribution is 0.625. The Labute approximate surface area is 126 Å². The number of nitrogens with two attached hydrogens (primary N) is 1. The van der Waals surface area contributed by atoms with Crippen LogP contribution in [-0.4, -0.2) is 0 Å². The van der Waals surface area contributed by atoms with Gasteiger partial charge in [0.1, 0.15) is 5.82 Å². The summed E-state index contributed by atoms with van der Waals surface area (Å²) >= 11 is 18.0. The highest BCUT2D eigenvalue weighted by atomic mass is 35.5. The van der Waals surface area contributed by atoms with Crippen molar-refractivity contribution in [2.45, 2.75) is 12.5 Å². The van der Waals surface area contributed by atoms with Gasteiger partial charge in [0.15, 0.2) is 0 Å². The Morgan fingerprint density at radius 1 is 1.05 bits per heavy atom. The van der Waals surface area contributed by atoms with E-state index < -0.39 is 0 Å². The molecular weight excluding hydrogens is 308 g/mol. The average Bonchev–Trinajstić information content (AvgIpc) is 2.36. The molecule has 5 heteroatoms. The largest absolute Gasteiger partial charge is 0.324 e. The van der Waals surface area contributed by atoms with Crippen LogP contribution in [0.4, 0.5) is 4.39 Å². The molecule has 0 aromatic heterocycles. The third kappa shape index (κ3) is 3.40. The number of benzene rings is 2. The first-order chi connectivity index (χ1) is 8.99. The Kier molecular flexibility index (Phi) is 4.69. The van der Waals surface area contributed by atoms with E-state index in [4.69, 9.17) is 40.5 Å². The number of hydrogen-bond donors (Lipinski definition) is 1. The molecule has 0 aliphatic carbocycles. The lowest BCUT2D eigenvalue weighted by atomic mass is 9.99. The molecule has 0 fully saturated rings. The molecule has 0 aliphatic heterocycles. The summed E-state index contributed by atoms with van der Waals surface area (Å²) in [6, 6.07) is 9.19. The summed E-state index contributed by atoms with van der Waals surface area (Å²) in [5.74, 6) is -0.372. The lowest BCUT2D eigenvalue weighted by Crippen LogP contribution is -2.14. The molecule has 0 spiro atoms. The Balaban J connectivity index is 2.25. The molecule has 0 aliphatic rings. The number of hydrogen-bond acceptors (Lipinski definition) is 1. The molecule has 2 rings (SSSR count). The van der Waals surface area contributed by atoms with Crippen molar-refractivity contribution in [2.24, 2.45) is 5.73 Å². The fourth-order valence-corrected chi connectivity index (χ4v) is 2.53. The SMILES string of the molecule is NC(Cc1ccc(F)cc1Cl)c1cccc(Cl)c1Cl. The van der Waals surface area contributed by atoms with Crippen molar-refractivity contribution in [2.75, 3.05) is 0 Å². The highest BCUT2D eigenvalue weighted by molar-refractivity contribution is 6.42. The quantitative estimate of drug-likeness (QED) is 0.844. The van der Waals surface area contributed by atoms with E-state index in [1.807, 2.05) is 6.07 Å². The summed E-state index contributed by atoms with van der Waals surface area (Å²) < 4.78 is 13.0. The van der Waals surface area contributed by atoms with Gasteiger partial charge in [0, 0.05) is 11.1 Å². The Morgan fingerprint density at radius 2 is 1.79 bits per heavy atom. The Morgan fingerprint density at radius 3 is 2.47 bits per heavy atom. The van der Waals surface area contributed by atoms with E-state index in [1.54, 1.807) is 18.2 Å². The zero-order chi connectivity index (χ0) is 14.0. The van der Waals surface area contributed by atoms with Gasteiger partial charge in [0.2, 0.25) is 0 Å². The zero-order valence-electron chi connectivity index (χ0n) is 9.84. The topological polar surface area (TPSA) is 26.0 Å². The fourth-order valence-electron chi connectivity index (χ4n) is 1.84. The predicted octanol–water partition coefficient (Wildman–Crippen LogP) is 5.03. The Hall–Kier alpha value is -0.800. The summed E-state index contributed by atoms with van der Waals surface area (Å²) in [5.41, 5.74) is 7.62. The highest BCUT2D eigenvalue weighted by Gasteiger charge is 2.14. The minimum atomic E-state index is -0.372. The maximum absolute atomic E-state index is 13.0. The van der Waals surface area contributed by atoms with Crippen LogP contribution in [0.5, 0.6) is 0 Å². The molecule has 0 amide bonds. The minimum Gasteiger partial charge on any atom is -0.324 e. The lowest BCUT2D eigenvalue weighted by Gasteiger charge is -2.15. The summed E-state index contributed by atoms with van der Waals surface area (Å²) in [4.78, 5) is 0. The first-order valence-corrected chi connectivity index (χ1v) is 6.76. The van der Waals surface area contributed by atoms with E-state index >= 15 is 0 Å². The molecule has 1 atom stereocenters. The Bertz CT molecular complexity index is 601. The molecule has 100 valence electrons. The monoisotopic (exact) mass is 317 g/mol. The van der Waals surface area contributed by atoms with Crippen LogP contribution in [0, 0.1) is 5.82 Å². The molecule has 1 unspecified atom stereocenters. The van der Waals surface area contributed by atoms with Crippen molar-refractivity contribution in [3.8, 4) is 0 Å². The third-order valence-electron chi connectivity index (χ3n) is 2.84. The van der Waals surface area contributed by atoms with Crippen LogP contribution < -0.4 is 5.73 Å². The fraction of sp³-hybridized carbons (Fsp3) is 0.143. The zero-order valence-corrected chi connectivity index (χ0v) is 12.1. The van der Waals surface area contributed by atoms with Gasteiger partial charge in [-0.15, -0.1) is 0 Å². The van der Waals surface area contributed by atoms with Gasteiger partial charge in [-0.1, -0.05) is 53.0 Å². The molecule has 0 bridgehead atoms. The molecule has 0 radical (unpaired) electrons. The standard InChI is InChI=1S/C14H11Cl3FN/c15-11-3-1-2-10(14(11)17)13(19)6-8-4-5-9(18)7-12(8)16/h1-5,7,13H,6,19H2. The van der Waals surface area contributed by atoms with E-state index in [2.05, 4.69) is 0 Å². The molecule has 2 aromatic carbocycles. The second-order valence-corrected chi connectivity index (χ2v) is 5.38. The third-order valence-corrected chi connectivity index (χ3v) is 4.02.